The third-order valence-corrected chi connectivity index (χ3v) is 11.5. The minimum absolute atomic E-state index is 0.00543. The molecular formula is C37H42NO+. The Morgan fingerprint density at radius 1 is 0.615 bits per heavy atom. The fraction of sp³-hybridized carbons (Fsp3) is 0.378. The number of fused-ring (bicyclic) bond motifs is 4. The van der Waals surface area contributed by atoms with Gasteiger partial charge in [0.05, 0.1) is 5.56 Å². The fourth-order valence-corrected chi connectivity index (χ4v) is 7.46. The van der Waals surface area contributed by atoms with Crippen molar-refractivity contribution < 1.29 is 8.98 Å². The standard InChI is InChI=1S/C37H42NO/c1-23-20-21-27-26-17-13-16-25(32(26)39-33(27)30(23)29-19-11-12-22-38(29)10)24-15-14-18-28-31(24)35(4,5)37(8,9)36(6,7)34(28,2)3/h11-22H,1-10H3/q+1. The Morgan fingerprint density at radius 2 is 1.26 bits per heavy atom. The van der Waals surface area contributed by atoms with Crippen molar-refractivity contribution in [2.24, 2.45) is 17.9 Å². The maximum absolute atomic E-state index is 6.95. The lowest BCUT2D eigenvalue weighted by molar-refractivity contribution is -0.660. The van der Waals surface area contributed by atoms with E-state index in [1.165, 1.54) is 38.6 Å². The van der Waals surface area contributed by atoms with E-state index in [9.17, 15) is 0 Å². The monoisotopic (exact) mass is 516 g/mol. The van der Waals surface area contributed by atoms with Crippen LogP contribution in [0.25, 0.3) is 44.3 Å². The van der Waals surface area contributed by atoms with Crippen LogP contribution < -0.4 is 4.57 Å². The molecule has 0 atom stereocenters. The van der Waals surface area contributed by atoms with Crippen LogP contribution in [0.4, 0.5) is 0 Å². The van der Waals surface area contributed by atoms with E-state index in [1.807, 2.05) is 0 Å². The summed E-state index contributed by atoms with van der Waals surface area (Å²) in [5.74, 6) is 0. The molecule has 39 heavy (non-hydrogen) atoms. The summed E-state index contributed by atoms with van der Waals surface area (Å²) in [5.41, 5.74) is 11.0. The van der Waals surface area contributed by atoms with Gasteiger partial charge in [-0.3, -0.25) is 0 Å². The maximum atomic E-state index is 6.95. The first kappa shape index (κ1) is 25.9. The van der Waals surface area contributed by atoms with Crippen molar-refractivity contribution in [1.29, 1.82) is 0 Å². The van der Waals surface area contributed by atoms with E-state index in [0.29, 0.717) is 0 Å². The zero-order valence-electron chi connectivity index (χ0n) is 25.3. The van der Waals surface area contributed by atoms with Crippen LogP contribution in [-0.2, 0) is 17.9 Å². The first-order valence-corrected chi connectivity index (χ1v) is 14.3. The van der Waals surface area contributed by atoms with Crippen LogP contribution in [0.5, 0.6) is 0 Å². The van der Waals surface area contributed by atoms with E-state index in [2.05, 4.69) is 147 Å². The molecule has 0 N–H and O–H groups in total. The largest absolute Gasteiger partial charge is 0.454 e. The van der Waals surface area contributed by atoms with Gasteiger partial charge in [0.15, 0.2) is 6.20 Å². The number of hydrogen-bond donors (Lipinski definition) is 0. The number of rotatable bonds is 2. The normalized spacial score (nSPS) is 18.8. The molecule has 2 heteroatoms. The van der Waals surface area contributed by atoms with Crippen LogP contribution in [0.2, 0.25) is 0 Å². The van der Waals surface area contributed by atoms with Crippen molar-refractivity contribution in [1.82, 2.24) is 0 Å². The average molecular weight is 517 g/mol. The molecule has 0 saturated heterocycles. The number of pyridine rings is 1. The molecule has 0 fully saturated rings. The van der Waals surface area contributed by atoms with Crippen LogP contribution in [0.3, 0.4) is 0 Å². The summed E-state index contributed by atoms with van der Waals surface area (Å²) in [4.78, 5) is 0. The summed E-state index contributed by atoms with van der Waals surface area (Å²) in [6.07, 6.45) is 2.10. The third kappa shape index (κ3) is 3.18. The van der Waals surface area contributed by atoms with E-state index in [1.54, 1.807) is 0 Å². The molecule has 2 heterocycles. The summed E-state index contributed by atoms with van der Waals surface area (Å²) >= 11 is 0. The van der Waals surface area contributed by atoms with E-state index >= 15 is 0 Å². The first-order valence-electron chi connectivity index (χ1n) is 14.3. The van der Waals surface area contributed by atoms with Crippen LogP contribution >= 0.6 is 0 Å². The number of aromatic nitrogens is 1. The number of para-hydroxylation sites is 1. The predicted octanol–water partition coefficient (Wildman–Crippen LogP) is 9.67. The van der Waals surface area contributed by atoms with Gasteiger partial charge in [-0.1, -0.05) is 104 Å². The molecule has 0 unspecified atom stereocenters. The van der Waals surface area contributed by atoms with Gasteiger partial charge in [0, 0.05) is 28.5 Å². The Balaban J connectivity index is 1.71. The predicted molar refractivity (Wildman–Crippen MR) is 164 cm³/mol. The Labute approximate surface area is 233 Å². The SMILES string of the molecule is Cc1ccc2c(oc3c(-c4cccc5c4C(C)(C)C(C)(C)C(C)(C)C5(C)C)cccc32)c1-c1cccc[n+]1C. The number of nitrogens with zero attached hydrogens (tertiary/aromatic N) is 1. The highest BCUT2D eigenvalue weighted by Gasteiger charge is 2.61. The topological polar surface area (TPSA) is 17.0 Å². The van der Waals surface area contributed by atoms with Gasteiger partial charge >= 0.3 is 0 Å². The van der Waals surface area contributed by atoms with E-state index in [0.717, 1.165) is 22.4 Å². The number of hydrogen-bond acceptors (Lipinski definition) is 1. The van der Waals surface area contributed by atoms with Crippen LogP contribution in [0.1, 0.15) is 72.1 Å². The van der Waals surface area contributed by atoms with Gasteiger partial charge < -0.3 is 4.42 Å². The minimum atomic E-state index is -0.0499. The van der Waals surface area contributed by atoms with Crippen LogP contribution in [0.15, 0.2) is 77.3 Å². The zero-order chi connectivity index (χ0) is 28.1. The molecule has 200 valence electrons. The second kappa shape index (κ2) is 8.07. The van der Waals surface area contributed by atoms with Gasteiger partial charge in [-0.25, -0.2) is 4.57 Å². The summed E-state index contributed by atoms with van der Waals surface area (Å²) in [7, 11) is 2.10. The van der Waals surface area contributed by atoms with Crippen molar-refractivity contribution >= 4 is 21.9 Å². The van der Waals surface area contributed by atoms with E-state index in [-0.39, 0.29) is 21.7 Å². The summed E-state index contributed by atoms with van der Waals surface area (Å²) in [6.45, 7) is 21.8. The lowest BCUT2D eigenvalue weighted by Gasteiger charge is -2.64. The maximum Gasteiger partial charge on any atom is 0.216 e. The van der Waals surface area contributed by atoms with Crippen molar-refractivity contribution in [2.45, 2.75) is 73.1 Å². The van der Waals surface area contributed by atoms with Gasteiger partial charge in [-0.2, -0.15) is 0 Å². The van der Waals surface area contributed by atoms with Crippen molar-refractivity contribution in [3.8, 4) is 22.4 Å². The molecule has 0 saturated carbocycles. The number of benzene rings is 3. The Morgan fingerprint density at radius 3 is 1.97 bits per heavy atom. The zero-order valence-corrected chi connectivity index (χ0v) is 25.3. The third-order valence-electron chi connectivity index (χ3n) is 11.5. The number of aryl methyl sites for hydroxylation is 2. The Hall–Kier alpha value is -3.39. The quantitative estimate of drug-likeness (QED) is 0.213. The fourth-order valence-electron chi connectivity index (χ4n) is 7.46. The first-order chi connectivity index (χ1) is 18.2. The lowest BCUT2D eigenvalue weighted by Crippen LogP contribution is -2.60. The molecule has 0 aliphatic heterocycles. The second-order valence-corrected chi connectivity index (χ2v) is 13.8. The van der Waals surface area contributed by atoms with Crippen LogP contribution in [-0.4, -0.2) is 0 Å². The summed E-state index contributed by atoms with van der Waals surface area (Å²) in [6, 6.07) is 24.4. The molecule has 3 aromatic carbocycles. The van der Waals surface area contributed by atoms with Crippen molar-refractivity contribution in [3.63, 3.8) is 0 Å². The van der Waals surface area contributed by atoms with Crippen molar-refractivity contribution in [2.75, 3.05) is 0 Å². The molecule has 1 aliphatic carbocycles. The highest BCUT2D eigenvalue weighted by atomic mass is 16.3. The highest BCUT2D eigenvalue weighted by Crippen LogP contribution is 2.66. The lowest BCUT2D eigenvalue weighted by atomic mass is 9.39. The minimum Gasteiger partial charge on any atom is -0.454 e. The summed E-state index contributed by atoms with van der Waals surface area (Å²) < 4.78 is 9.13. The average Bonchev–Trinajstić information content (AvgIpc) is 3.26. The van der Waals surface area contributed by atoms with Gasteiger partial charge in [0.1, 0.15) is 18.2 Å². The molecule has 2 aromatic heterocycles. The smallest absolute Gasteiger partial charge is 0.216 e. The van der Waals surface area contributed by atoms with Gasteiger partial charge in [0.2, 0.25) is 5.69 Å². The Kier molecular flexibility index (Phi) is 5.35. The van der Waals surface area contributed by atoms with Crippen LogP contribution in [0, 0.1) is 17.8 Å². The molecule has 2 nitrogen and oxygen atoms in total. The molecule has 0 radical (unpaired) electrons. The van der Waals surface area contributed by atoms with Gasteiger partial charge in [-0.05, 0) is 56.9 Å². The van der Waals surface area contributed by atoms with Gasteiger partial charge in [0.25, 0.3) is 0 Å². The van der Waals surface area contributed by atoms with Gasteiger partial charge in [-0.15, -0.1) is 0 Å². The van der Waals surface area contributed by atoms with E-state index < -0.39 is 0 Å². The highest BCUT2D eigenvalue weighted by molar-refractivity contribution is 6.13. The molecule has 5 aromatic rings. The molecule has 0 spiro atoms. The van der Waals surface area contributed by atoms with E-state index in [4.69, 9.17) is 4.42 Å². The molecule has 1 aliphatic rings. The molecular weight excluding hydrogens is 474 g/mol. The molecule has 6 rings (SSSR count). The molecule has 0 amide bonds. The summed E-state index contributed by atoms with van der Waals surface area (Å²) in [5, 5.41) is 2.34. The number of furan rings is 1. The second-order valence-electron chi connectivity index (χ2n) is 13.8. The van der Waals surface area contributed by atoms with Crippen molar-refractivity contribution in [3.05, 3.63) is 89.6 Å². The Bertz CT molecular complexity index is 1780. The molecule has 0 bridgehead atoms.